The number of rotatable bonds is 4. The van der Waals surface area contributed by atoms with Gasteiger partial charge in [0.2, 0.25) is 0 Å². The molecule has 0 amide bonds. The molecule has 1 saturated carbocycles. The Balaban J connectivity index is 1.93. The second-order valence-electron chi connectivity index (χ2n) is 5.19. The van der Waals surface area contributed by atoms with Crippen molar-refractivity contribution in [3.05, 3.63) is 30.3 Å². The summed E-state index contributed by atoms with van der Waals surface area (Å²) in [7, 11) is -3.58. The molecule has 4 heteroatoms. The molecule has 1 aliphatic rings. The van der Waals surface area contributed by atoms with Crippen LogP contribution in [0.1, 0.15) is 32.6 Å². The molecule has 0 heterocycles. The van der Waals surface area contributed by atoms with Crippen molar-refractivity contribution in [2.24, 2.45) is 11.8 Å². The summed E-state index contributed by atoms with van der Waals surface area (Å²) in [6.07, 6.45) is 4.58. The third-order valence-electron chi connectivity index (χ3n) is 3.54. The van der Waals surface area contributed by atoms with Gasteiger partial charge in [-0.3, -0.25) is 4.18 Å². The average Bonchev–Trinajstić information content (AvgIpc) is 2.38. The molecule has 2 atom stereocenters. The van der Waals surface area contributed by atoms with Gasteiger partial charge in [-0.1, -0.05) is 38.0 Å². The van der Waals surface area contributed by atoms with Crippen LogP contribution in [0.25, 0.3) is 0 Å². The van der Waals surface area contributed by atoms with Gasteiger partial charge in [-0.25, -0.2) is 0 Å². The number of benzene rings is 1. The zero-order valence-corrected chi connectivity index (χ0v) is 11.5. The molecular formula is C14H20O3S. The van der Waals surface area contributed by atoms with Crippen molar-refractivity contribution in [1.82, 2.24) is 0 Å². The third-order valence-corrected chi connectivity index (χ3v) is 4.83. The highest BCUT2D eigenvalue weighted by Crippen LogP contribution is 2.29. The van der Waals surface area contributed by atoms with Gasteiger partial charge in [0.05, 0.1) is 11.5 Å². The van der Waals surface area contributed by atoms with E-state index in [0.717, 1.165) is 12.8 Å². The Hall–Kier alpha value is -0.870. The minimum atomic E-state index is -3.58. The minimum Gasteiger partial charge on any atom is -0.266 e. The highest BCUT2D eigenvalue weighted by Gasteiger charge is 2.22. The van der Waals surface area contributed by atoms with E-state index < -0.39 is 10.1 Å². The average molecular weight is 268 g/mol. The van der Waals surface area contributed by atoms with Crippen LogP contribution in [0.5, 0.6) is 0 Å². The molecule has 1 aromatic rings. The lowest BCUT2D eigenvalue weighted by molar-refractivity contribution is 0.186. The van der Waals surface area contributed by atoms with E-state index in [1.807, 2.05) is 0 Å². The Morgan fingerprint density at radius 1 is 1.22 bits per heavy atom. The molecule has 0 N–H and O–H groups in total. The Morgan fingerprint density at radius 2 is 1.94 bits per heavy atom. The molecule has 1 aromatic carbocycles. The van der Waals surface area contributed by atoms with Crippen LogP contribution >= 0.6 is 0 Å². The first-order valence-electron chi connectivity index (χ1n) is 6.52. The molecule has 3 nitrogen and oxygen atoms in total. The summed E-state index contributed by atoms with van der Waals surface area (Å²) < 4.78 is 29.0. The van der Waals surface area contributed by atoms with Gasteiger partial charge >= 0.3 is 0 Å². The molecule has 1 aliphatic carbocycles. The van der Waals surface area contributed by atoms with Gasteiger partial charge in [0.1, 0.15) is 0 Å². The maximum Gasteiger partial charge on any atom is 0.296 e. The normalized spacial score (nSPS) is 24.9. The molecule has 1 fully saturated rings. The van der Waals surface area contributed by atoms with E-state index in [-0.39, 0.29) is 4.90 Å². The lowest BCUT2D eigenvalue weighted by Crippen LogP contribution is -2.20. The van der Waals surface area contributed by atoms with Crippen LogP contribution in [0, 0.1) is 11.8 Å². The van der Waals surface area contributed by atoms with E-state index in [1.165, 1.54) is 12.8 Å². The van der Waals surface area contributed by atoms with E-state index in [2.05, 4.69) is 6.92 Å². The highest BCUT2D eigenvalue weighted by atomic mass is 32.2. The molecule has 2 rings (SSSR count). The van der Waals surface area contributed by atoms with Crippen LogP contribution in [0.3, 0.4) is 0 Å². The van der Waals surface area contributed by atoms with Gasteiger partial charge in [0, 0.05) is 0 Å². The quantitative estimate of drug-likeness (QED) is 0.787. The Labute approximate surface area is 109 Å². The molecule has 0 saturated heterocycles. The highest BCUT2D eigenvalue weighted by molar-refractivity contribution is 7.86. The van der Waals surface area contributed by atoms with Crippen LogP contribution in [0.4, 0.5) is 0 Å². The fraction of sp³-hybridized carbons (Fsp3) is 0.571. The predicted octanol–water partition coefficient (Wildman–Crippen LogP) is 3.22. The molecule has 0 aliphatic heterocycles. The van der Waals surface area contributed by atoms with Crippen LogP contribution in [0.15, 0.2) is 35.2 Å². The lowest BCUT2D eigenvalue weighted by atomic mass is 9.83. The van der Waals surface area contributed by atoms with Gasteiger partial charge in [-0.05, 0) is 36.8 Å². The van der Waals surface area contributed by atoms with E-state index in [9.17, 15) is 8.42 Å². The largest absolute Gasteiger partial charge is 0.296 e. The first kappa shape index (κ1) is 13.6. The lowest BCUT2D eigenvalue weighted by Gasteiger charge is -2.26. The molecule has 0 bridgehead atoms. The van der Waals surface area contributed by atoms with Crippen LogP contribution in [-0.4, -0.2) is 15.0 Å². The van der Waals surface area contributed by atoms with Crippen molar-refractivity contribution in [2.45, 2.75) is 37.5 Å². The van der Waals surface area contributed by atoms with E-state index in [1.54, 1.807) is 30.3 Å². The van der Waals surface area contributed by atoms with Crippen molar-refractivity contribution in [1.29, 1.82) is 0 Å². The fourth-order valence-electron chi connectivity index (χ4n) is 2.55. The summed E-state index contributed by atoms with van der Waals surface area (Å²) in [5, 5.41) is 0. The van der Waals surface area contributed by atoms with Gasteiger partial charge in [-0.15, -0.1) is 0 Å². The van der Waals surface area contributed by atoms with Crippen LogP contribution in [0.2, 0.25) is 0 Å². The summed E-state index contributed by atoms with van der Waals surface area (Å²) in [6.45, 7) is 2.54. The van der Waals surface area contributed by atoms with Crippen molar-refractivity contribution in [3.63, 3.8) is 0 Å². The van der Waals surface area contributed by atoms with Crippen LogP contribution < -0.4 is 0 Å². The van der Waals surface area contributed by atoms with Crippen molar-refractivity contribution >= 4 is 10.1 Å². The Morgan fingerprint density at radius 3 is 2.61 bits per heavy atom. The molecule has 2 unspecified atom stereocenters. The zero-order valence-electron chi connectivity index (χ0n) is 10.7. The summed E-state index contributed by atoms with van der Waals surface area (Å²) in [4.78, 5) is 0.244. The standard InChI is InChI=1S/C14H20O3S/c1-12-6-5-7-13(10-12)11-17-18(15,16)14-8-3-2-4-9-14/h2-4,8-9,12-13H,5-7,10-11H2,1H3. The summed E-state index contributed by atoms with van der Waals surface area (Å²) in [6, 6.07) is 8.34. The smallest absolute Gasteiger partial charge is 0.266 e. The maximum atomic E-state index is 11.9. The number of hydrogen-bond acceptors (Lipinski definition) is 3. The van der Waals surface area contributed by atoms with Gasteiger partial charge in [0.15, 0.2) is 0 Å². The first-order valence-corrected chi connectivity index (χ1v) is 7.93. The second kappa shape index (κ2) is 5.85. The van der Waals surface area contributed by atoms with Crippen LogP contribution in [-0.2, 0) is 14.3 Å². The summed E-state index contributed by atoms with van der Waals surface area (Å²) >= 11 is 0. The Kier molecular flexibility index (Phi) is 4.40. The summed E-state index contributed by atoms with van der Waals surface area (Å²) in [5.41, 5.74) is 0. The monoisotopic (exact) mass is 268 g/mol. The third kappa shape index (κ3) is 3.56. The first-order chi connectivity index (χ1) is 8.58. The maximum absolute atomic E-state index is 11.9. The molecule has 0 aromatic heterocycles. The SMILES string of the molecule is CC1CCCC(COS(=O)(=O)c2ccccc2)C1. The molecule has 18 heavy (non-hydrogen) atoms. The fourth-order valence-corrected chi connectivity index (χ4v) is 3.55. The predicted molar refractivity (Wildman–Crippen MR) is 70.7 cm³/mol. The van der Waals surface area contributed by atoms with Crippen molar-refractivity contribution < 1.29 is 12.6 Å². The molecular weight excluding hydrogens is 248 g/mol. The summed E-state index contributed by atoms with van der Waals surface area (Å²) in [5.74, 6) is 1.07. The van der Waals surface area contributed by atoms with E-state index >= 15 is 0 Å². The second-order valence-corrected chi connectivity index (χ2v) is 6.80. The topological polar surface area (TPSA) is 43.4 Å². The number of hydrogen-bond donors (Lipinski definition) is 0. The zero-order chi connectivity index (χ0) is 13.0. The molecule has 100 valence electrons. The minimum absolute atomic E-state index is 0.244. The Bertz CT molecular complexity index is 467. The van der Waals surface area contributed by atoms with E-state index in [4.69, 9.17) is 4.18 Å². The van der Waals surface area contributed by atoms with Gasteiger partial charge < -0.3 is 0 Å². The van der Waals surface area contributed by atoms with Gasteiger partial charge in [-0.2, -0.15) is 8.42 Å². The molecule has 0 spiro atoms. The van der Waals surface area contributed by atoms with Gasteiger partial charge in [0.25, 0.3) is 10.1 Å². The molecule has 0 radical (unpaired) electrons. The van der Waals surface area contributed by atoms with Crippen molar-refractivity contribution in [2.75, 3.05) is 6.61 Å². The van der Waals surface area contributed by atoms with Crippen molar-refractivity contribution in [3.8, 4) is 0 Å². The van der Waals surface area contributed by atoms with E-state index in [0.29, 0.717) is 18.4 Å².